The number of hydrogen-bond donors (Lipinski definition) is 1. The van der Waals surface area contributed by atoms with E-state index in [0.29, 0.717) is 0 Å². The molecule has 104 valence electrons. The number of rotatable bonds is 4. The third-order valence-corrected chi connectivity index (χ3v) is 1.27. The van der Waals surface area contributed by atoms with Crippen LogP contribution in [-0.4, -0.2) is 5.11 Å². The highest BCUT2D eigenvalue weighted by molar-refractivity contribution is 5.18. The summed E-state index contributed by atoms with van der Waals surface area (Å²) in [4.78, 5) is 0. The standard InChI is InChI=1S/C7H10O.C5H12.2C2H6/c1-6(2)4-5-7(3)8;1-3-5-4-2;2*1-2/h4-5,8H,1,3H2,2H3;3-5H2,1-2H3;2*1-2H3/b5-4-;;;. The van der Waals surface area contributed by atoms with E-state index in [0.717, 1.165) is 5.57 Å². The first-order valence-corrected chi connectivity index (χ1v) is 6.76. The van der Waals surface area contributed by atoms with E-state index in [1.807, 2.05) is 34.6 Å². The highest BCUT2D eigenvalue weighted by Crippen LogP contribution is 1.92. The monoisotopic (exact) mass is 242 g/mol. The summed E-state index contributed by atoms with van der Waals surface area (Å²) in [5.41, 5.74) is 0.903. The molecule has 17 heavy (non-hydrogen) atoms. The van der Waals surface area contributed by atoms with Crippen molar-refractivity contribution in [2.75, 3.05) is 0 Å². The fraction of sp³-hybridized carbons (Fsp3) is 0.625. The Kier molecular flexibility index (Phi) is 43.3. The van der Waals surface area contributed by atoms with Crippen LogP contribution in [0.5, 0.6) is 0 Å². The number of allylic oxidation sites excluding steroid dienone is 3. The lowest BCUT2D eigenvalue weighted by atomic mass is 10.3. The summed E-state index contributed by atoms with van der Waals surface area (Å²) >= 11 is 0. The second-order valence-corrected chi connectivity index (χ2v) is 3.02. The van der Waals surface area contributed by atoms with Crippen LogP contribution in [0.3, 0.4) is 0 Å². The Labute approximate surface area is 110 Å². The van der Waals surface area contributed by atoms with Crippen LogP contribution in [-0.2, 0) is 0 Å². The van der Waals surface area contributed by atoms with Gasteiger partial charge in [-0.2, -0.15) is 0 Å². The number of hydrogen-bond acceptors (Lipinski definition) is 1. The average Bonchev–Trinajstić information content (AvgIpc) is 2.33. The first-order valence-electron chi connectivity index (χ1n) is 6.76. The Balaban J connectivity index is -0.0000000809. The number of aliphatic hydroxyl groups excluding tert-OH is 1. The van der Waals surface area contributed by atoms with Crippen molar-refractivity contribution in [3.63, 3.8) is 0 Å². The van der Waals surface area contributed by atoms with Gasteiger partial charge in [0.25, 0.3) is 0 Å². The Morgan fingerprint density at radius 2 is 1.29 bits per heavy atom. The summed E-state index contributed by atoms with van der Waals surface area (Å²) in [6.07, 6.45) is 7.28. The zero-order valence-corrected chi connectivity index (χ0v) is 13.1. The van der Waals surface area contributed by atoms with Crippen molar-refractivity contribution < 1.29 is 5.11 Å². The lowest BCUT2D eigenvalue weighted by Gasteiger charge is -1.83. The molecule has 0 aromatic carbocycles. The van der Waals surface area contributed by atoms with Gasteiger partial charge in [-0.25, -0.2) is 0 Å². The van der Waals surface area contributed by atoms with Crippen molar-refractivity contribution in [2.45, 2.75) is 67.7 Å². The Morgan fingerprint density at radius 1 is 0.941 bits per heavy atom. The summed E-state index contributed by atoms with van der Waals surface area (Å²) in [5, 5.41) is 8.48. The predicted octanol–water partition coefficient (Wildman–Crippen LogP) is 6.44. The minimum absolute atomic E-state index is 0.0630. The highest BCUT2D eigenvalue weighted by Gasteiger charge is 1.74. The molecular formula is C16H34O. The van der Waals surface area contributed by atoms with E-state index in [2.05, 4.69) is 27.0 Å². The average molecular weight is 242 g/mol. The van der Waals surface area contributed by atoms with E-state index in [-0.39, 0.29) is 5.76 Å². The van der Waals surface area contributed by atoms with Gasteiger partial charge in [0, 0.05) is 0 Å². The van der Waals surface area contributed by atoms with Gasteiger partial charge in [-0.15, -0.1) is 0 Å². The lowest BCUT2D eigenvalue weighted by molar-refractivity contribution is 0.435. The molecule has 0 aromatic heterocycles. The SMILES string of the molecule is C=C(C)/C=C\C(=C)O.CC.CC.CCCCC. The molecule has 0 fully saturated rings. The Hall–Kier alpha value is -0.980. The highest BCUT2D eigenvalue weighted by atomic mass is 16.3. The molecule has 0 rings (SSSR count). The van der Waals surface area contributed by atoms with Gasteiger partial charge >= 0.3 is 0 Å². The third kappa shape index (κ3) is 70.3. The summed E-state index contributed by atoms with van der Waals surface area (Å²) in [6, 6.07) is 0. The maximum atomic E-state index is 8.48. The molecule has 0 spiro atoms. The minimum Gasteiger partial charge on any atom is -0.509 e. The van der Waals surface area contributed by atoms with Gasteiger partial charge in [-0.05, 0) is 13.0 Å². The fourth-order valence-electron chi connectivity index (χ4n) is 0.592. The van der Waals surface area contributed by atoms with Crippen LogP contribution < -0.4 is 0 Å². The van der Waals surface area contributed by atoms with Gasteiger partial charge in [0.05, 0.1) is 0 Å². The van der Waals surface area contributed by atoms with E-state index in [1.54, 1.807) is 6.08 Å². The second kappa shape index (κ2) is 29.4. The summed E-state index contributed by atoms with van der Waals surface area (Å²) in [5.74, 6) is 0.0630. The van der Waals surface area contributed by atoms with Crippen LogP contribution >= 0.6 is 0 Å². The molecule has 0 aromatic rings. The van der Waals surface area contributed by atoms with Crippen LogP contribution in [0.2, 0.25) is 0 Å². The van der Waals surface area contributed by atoms with E-state index >= 15 is 0 Å². The first-order chi connectivity index (χ1) is 8.04. The van der Waals surface area contributed by atoms with Crippen molar-refractivity contribution in [3.8, 4) is 0 Å². The normalized spacial score (nSPS) is 7.71. The number of aliphatic hydroxyl groups is 1. The third-order valence-electron chi connectivity index (χ3n) is 1.27. The van der Waals surface area contributed by atoms with Crippen molar-refractivity contribution in [1.29, 1.82) is 0 Å². The zero-order valence-electron chi connectivity index (χ0n) is 13.1. The quantitative estimate of drug-likeness (QED) is 0.444. The molecule has 0 aliphatic heterocycles. The predicted molar refractivity (Wildman–Crippen MR) is 83.6 cm³/mol. The van der Waals surface area contributed by atoms with Crippen LogP contribution in [0.25, 0.3) is 0 Å². The van der Waals surface area contributed by atoms with E-state index < -0.39 is 0 Å². The van der Waals surface area contributed by atoms with Gasteiger partial charge in [0.15, 0.2) is 0 Å². The first kappa shape index (κ1) is 25.0. The zero-order chi connectivity index (χ0) is 14.7. The molecule has 0 atom stereocenters. The molecule has 0 aliphatic carbocycles. The Bertz CT molecular complexity index is 148. The maximum absolute atomic E-state index is 8.48. The molecule has 0 heterocycles. The molecule has 1 heteroatoms. The summed E-state index contributed by atoms with van der Waals surface area (Å²) in [7, 11) is 0. The topological polar surface area (TPSA) is 20.2 Å². The van der Waals surface area contributed by atoms with E-state index in [9.17, 15) is 0 Å². The summed E-state index contributed by atoms with van der Waals surface area (Å²) in [6.45, 7) is 21.1. The van der Waals surface area contributed by atoms with E-state index in [1.165, 1.54) is 25.3 Å². The van der Waals surface area contributed by atoms with Crippen LogP contribution in [0, 0.1) is 0 Å². The molecule has 0 radical (unpaired) electrons. The Morgan fingerprint density at radius 3 is 1.35 bits per heavy atom. The molecule has 0 saturated heterocycles. The maximum Gasteiger partial charge on any atom is 0.108 e. The van der Waals surface area contributed by atoms with Gasteiger partial charge in [-0.3, -0.25) is 0 Å². The molecule has 1 N–H and O–H groups in total. The molecule has 0 unspecified atom stereocenters. The van der Waals surface area contributed by atoms with Gasteiger partial charge in [0.1, 0.15) is 5.76 Å². The molecule has 0 saturated carbocycles. The second-order valence-electron chi connectivity index (χ2n) is 3.02. The summed E-state index contributed by atoms with van der Waals surface area (Å²) < 4.78 is 0. The molecule has 0 amide bonds. The molecule has 0 bridgehead atoms. The molecule has 1 nitrogen and oxygen atoms in total. The van der Waals surface area contributed by atoms with E-state index in [4.69, 9.17) is 5.11 Å². The van der Waals surface area contributed by atoms with Crippen molar-refractivity contribution in [1.82, 2.24) is 0 Å². The van der Waals surface area contributed by atoms with Crippen LogP contribution in [0.15, 0.2) is 36.6 Å². The van der Waals surface area contributed by atoms with Crippen LogP contribution in [0.4, 0.5) is 0 Å². The largest absolute Gasteiger partial charge is 0.509 e. The minimum atomic E-state index is 0.0630. The van der Waals surface area contributed by atoms with Gasteiger partial charge < -0.3 is 5.11 Å². The fourth-order valence-corrected chi connectivity index (χ4v) is 0.592. The smallest absolute Gasteiger partial charge is 0.108 e. The van der Waals surface area contributed by atoms with Crippen molar-refractivity contribution in [3.05, 3.63) is 36.6 Å². The molecule has 0 aliphatic rings. The molecular weight excluding hydrogens is 208 g/mol. The van der Waals surface area contributed by atoms with Gasteiger partial charge in [-0.1, -0.05) is 85.6 Å². The van der Waals surface area contributed by atoms with Gasteiger partial charge in [0.2, 0.25) is 0 Å². The van der Waals surface area contributed by atoms with Crippen LogP contribution in [0.1, 0.15) is 67.7 Å². The number of unbranched alkanes of at least 4 members (excludes halogenated alkanes) is 2. The van der Waals surface area contributed by atoms with Crippen molar-refractivity contribution >= 4 is 0 Å². The van der Waals surface area contributed by atoms with Crippen molar-refractivity contribution in [2.24, 2.45) is 0 Å². The lowest BCUT2D eigenvalue weighted by Crippen LogP contribution is -1.67.